The first-order valence-electron chi connectivity index (χ1n) is 6.09. The number of hydrogen-bond donors (Lipinski definition) is 1. The van der Waals surface area contributed by atoms with Crippen molar-refractivity contribution in [1.82, 2.24) is 9.88 Å². The van der Waals surface area contributed by atoms with Gasteiger partial charge < -0.3 is 14.6 Å². The Kier molecular flexibility index (Phi) is 4.04. The number of likely N-dealkylation sites (tertiary alicyclic amines) is 1. The third-order valence-electron chi connectivity index (χ3n) is 3.34. The van der Waals surface area contributed by atoms with Gasteiger partial charge in [-0.1, -0.05) is 11.3 Å². The second kappa shape index (κ2) is 5.56. The van der Waals surface area contributed by atoms with Crippen molar-refractivity contribution in [2.24, 2.45) is 5.92 Å². The highest BCUT2D eigenvalue weighted by Crippen LogP contribution is 2.21. The summed E-state index contributed by atoms with van der Waals surface area (Å²) in [4.78, 5) is 39.4. The Hall–Kier alpha value is -1.63. The predicted octanol–water partition coefficient (Wildman–Crippen LogP) is 0.770. The second-order valence-corrected chi connectivity index (χ2v) is 5.54. The number of methoxy groups -OCH3 is 1. The highest BCUT2D eigenvalue weighted by molar-refractivity contribution is 7.11. The van der Waals surface area contributed by atoms with Gasteiger partial charge in [-0.3, -0.25) is 14.4 Å². The molecule has 1 aliphatic heterocycles. The highest BCUT2D eigenvalue weighted by Gasteiger charge is 2.29. The number of aromatic amines is 1. The van der Waals surface area contributed by atoms with Crippen molar-refractivity contribution in [1.29, 1.82) is 0 Å². The van der Waals surface area contributed by atoms with Crippen molar-refractivity contribution < 1.29 is 14.3 Å². The Morgan fingerprint density at radius 1 is 1.37 bits per heavy atom. The van der Waals surface area contributed by atoms with Gasteiger partial charge in [-0.25, -0.2) is 0 Å². The molecule has 1 fully saturated rings. The number of nitrogens with zero attached hydrogens (tertiary/aromatic N) is 1. The van der Waals surface area contributed by atoms with E-state index in [1.165, 1.54) is 7.11 Å². The van der Waals surface area contributed by atoms with Crippen molar-refractivity contribution in [3.63, 3.8) is 0 Å². The van der Waals surface area contributed by atoms with Gasteiger partial charge in [0.2, 0.25) is 0 Å². The number of amides is 1. The average Bonchev–Trinajstić information content (AvgIpc) is 2.76. The molecule has 1 saturated heterocycles. The maximum atomic E-state index is 12.2. The van der Waals surface area contributed by atoms with E-state index >= 15 is 0 Å². The first kappa shape index (κ1) is 13.8. The second-order valence-electron chi connectivity index (χ2n) is 4.56. The summed E-state index contributed by atoms with van der Waals surface area (Å²) in [5.41, 5.74) is 0.607. The molecule has 1 amide bonds. The fourth-order valence-corrected chi connectivity index (χ4v) is 3.05. The third-order valence-corrected chi connectivity index (χ3v) is 4.31. The van der Waals surface area contributed by atoms with Crippen molar-refractivity contribution >= 4 is 23.2 Å². The number of carbonyl (C=O) groups excluding carboxylic acids is 2. The summed E-state index contributed by atoms with van der Waals surface area (Å²) < 4.78 is 4.71. The van der Waals surface area contributed by atoms with Crippen LogP contribution in [0.4, 0.5) is 0 Å². The van der Waals surface area contributed by atoms with Crippen LogP contribution in [0.1, 0.15) is 28.2 Å². The minimum atomic E-state index is -0.217. The van der Waals surface area contributed by atoms with Crippen LogP contribution in [0.15, 0.2) is 4.79 Å². The van der Waals surface area contributed by atoms with E-state index in [1.54, 1.807) is 11.8 Å². The van der Waals surface area contributed by atoms with E-state index in [0.717, 1.165) is 11.3 Å². The number of hydrogen-bond acceptors (Lipinski definition) is 5. The topological polar surface area (TPSA) is 79.5 Å². The molecule has 0 aliphatic carbocycles. The lowest BCUT2D eigenvalue weighted by Gasteiger charge is -2.30. The summed E-state index contributed by atoms with van der Waals surface area (Å²) in [6.45, 7) is 2.75. The van der Waals surface area contributed by atoms with Crippen LogP contribution in [0.25, 0.3) is 0 Å². The summed E-state index contributed by atoms with van der Waals surface area (Å²) in [5, 5.41) is 0. The molecule has 0 atom stereocenters. The normalized spacial score (nSPS) is 16.4. The quantitative estimate of drug-likeness (QED) is 0.814. The lowest BCUT2D eigenvalue weighted by Crippen LogP contribution is -2.40. The van der Waals surface area contributed by atoms with Crippen LogP contribution < -0.4 is 4.87 Å². The lowest BCUT2D eigenvalue weighted by molar-refractivity contribution is -0.146. The molecule has 0 unspecified atom stereocenters. The maximum Gasteiger partial charge on any atom is 0.308 e. The maximum absolute atomic E-state index is 12.2. The minimum Gasteiger partial charge on any atom is -0.469 e. The molecule has 1 aromatic heterocycles. The van der Waals surface area contributed by atoms with E-state index in [2.05, 4.69) is 4.98 Å². The van der Waals surface area contributed by atoms with Gasteiger partial charge in [-0.2, -0.15) is 0 Å². The number of thiazole rings is 1. The van der Waals surface area contributed by atoms with Crippen LogP contribution in [0.3, 0.4) is 0 Å². The van der Waals surface area contributed by atoms with Crippen molar-refractivity contribution in [2.45, 2.75) is 19.8 Å². The minimum absolute atomic E-state index is 0.125. The molecule has 1 aromatic rings. The van der Waals surface area contributed by atoms with E-state index < -0.39 is 0 Å². The molecular formula is C12H16N2O4S. The van der Waals surface area contributed by atoms with Gasteiger partial charge >= 0.3 is 10.8 Å². The van der Waals surface area contributed by atoms with Crippen LogP contribution >= 0.6 is 11.3 Å². The summed E-state index contributed by atoms with van der Waals surface area (Å²) in [6, 6.07) is 0. The van der Waals surface area contributed by atoms with E-state index in [-0.39, 0.29) is 22.7 Å². The fourth-order valence-electron chi connectivity index (χ4n) is 2.24. The van der Waals surface area contributed by atoms with E-state index in [1.807, 2.05) is 0 Å². The number of aromatic nitrogens is 1. The molecule has 0 bridgehead atoms. The number of piperidine rings is 1. The number of esters is 1. The van der Waals surface area contributed by atoms with Crippen molar-refractivity contribution in [3.8, 4) is 0 Å². The summed E-state index contributed by atoms with van der Waals surface area (Å²) in [6.07, 6.45) is 1.22. The fraction of sp³-hybridized carbons (Fsp3) is 0.583. The first-order chi connectivity index (χ1) is 9.02. The van der Waals surface area contributed by atoms with Gasteiger partial charge in [-0.15, -0.1) is 0 Å². The summed E-state index contributed by atoms with van der Waals surface area (Å²) >= 11 is 0.934. The summed E-state index contributed by atoms with van der Waals surface area (Å²) in [5.74, 6) is -0.473. The van der Waals surface area contributed by atoms with Gasteiger partial charge in [0, 0.05) is 18.8 Å². The molecule has 1 aliphatic rings. The van der Waals surface area contributed by atoms with E-state index in [9.17, 15) is 14.4 Å². The molecule has 104 valence electrons. The zero-order chi connectivity index (χ0) is 14.0. The number of aryl methyl sites for hydroxylation is 1. The van der Waals surface area contributed by atoms with E-state index in [4.69, 9.17) is 4.74 Å². The van der Waals surface area contributed by atoms with Gasteiger partial charge in [-0.05, 0) is 19.8 Å². The molecule has 6 nitrogen and oxygen atoms in total. The number of H-pyrrole nitrogens is 1. The van der Waals surface area contributed by atoms with E-state index in [0.29, 0.717) is 36.5 Å². The van der Waals surface area contributed by atoms with Crippen LogP contribution in [-0.2, 0) is 9.53 Å². The van der Waals surface area contributed by atoms with Crippen LogP contribution in [-0.4, -0.2) is 42.0 Å². The number of rotatable bonds is 2. The zero-order valence-corrected chi connectivity index (χ0v) is 11.7. The molecule has 0 spiro atoms. The van der Waals surface area contributed by atoms with Crippen molar-refractivity contribution in [2.75, 3.05) is 20.2 Å². The van der Waals surface area contributed by atoms with Crippen LogP contribution in [0.5, 0.6) is 0 Å². The largest absolute Gasteiger partial charge is 0.469 e. The van der Waals surface area contributed by atoms with Gasteiger partial charge in [0.1, 0.15) is 4.88 Å². The lowest BCUT2D eigenvalue weighted by atomic mass is 9.97. The summed E-state index contributed by atoms with van der Waals surface area (Å²) in [7, 11) is 1.38. The zero-order valence-electron chi connectivity index (χ0n) is 10.9. The van der Waals surface area contributed by atoms with Gasteiger partial charge in [0.05, 0.1) is 13.0 Å². The molecule has 0 saturated carbocycles. The average molecular weight is 284 g/mol. The molecule has 2 heterocycles. The Balaban J connectivity index is 2.02. The van der Waals surface area contributed by atoms with Gasteiger partial charge in [0.15, 0.2) is 0 Å². The Morgan fingerprint density at radius 2 is 2.00 bits per heavy atom. The Bertz CT molecular complexity index is 540. The monoisotopic (exact) mass is 284 g/mol. The molecule has 0 aromatic carbocycles. The van der Waals surface area contributed by atoms with Gasteiger partial charge in [0.25, 0.3) is 5.91 Å². The molecule has 1 N–H and O–H groups in total. The SMILES string of the molecule is COC(=O)C1CCN(C(=O)c2sc(=O)[nH]c2C)CC1. The molecular weight excluding hydrogens is 268 g/mol. The number of ether oxygens (including phenoxy) is 1. The Labute approximate surface area is 114 Å². The predicted molar refractivity (Wildman–Crippen MR) is 70.3 cm³/mol. The molecule has 7 heteroatoms. The Morgan fingerprint density at radius 3 is 2.47 bits per heavy atom. The number of carbonyl (C=O) groups is 2. The van der Waals surface area contributed by atoms with Crippen molar-refractivity contribution in [3.05, 3.63) is 20.2 Å². The molecule has 19 heavy (non-hydrogen) atoms. The number of nitrogens with one attached hydrogen (secondary N) is 1. The molecule has 0 radical (unpaired) electrons. The van der Waals surface area contributed by atoms with Crippen LogP contribution in [0, 0.1) is 12.8 Å². The molecule has 2 rings (SSSR count). The smallest absolute Gasteiger partial charge is 0.308 e. The van der Waals surface area contributed by atoms with Crippen LogP contribution in [0.2, 0.25) is 0 Å². The first-order valence-corrected chi connectivity index (χ1v) is 6.91. The third kappa shape index (κ3) is 2.86. The standard InChI is InChI=1S/C12H16N2O4S/c1-7-9(19-12(17)13-7)10(15)14-5-3-8(4-6-14)11(16)18-2/h8H,3-6H2,1-2H3,(H,13,17). The highest BCUT2D eigenvalue weighted by atomic mass is 32.1.